The number of unbranched alkanes of at least 4 members (excludes halogenated alkanes) is 4. The Morgan fingerprint density at radius 2 is 2.00 bits per heavy atom. The van der Waals surface area contributed by atoms with E-state index in [4.69, 9.17) is 9.84 Å². The molecule has 0 aromatic rings. The number of nitroso groups, excluding NO2 is 1. The van der Waals surface area contributed by atoms with Crippen LogP contribution < -0.4 is 0 Å². The second-order valence-corrected chi connectivity index (χ2v) is 3.79. The molecule has 0 aromatic carbocycles. The summed E-state index contributed by atoms with van der Waals surface area (Å²) in [5.74, 6) is -0.321. The number of hydrogen-bond acceptors (Lipinski definition) is 5. The van der Waals surface area contributed by atoms with Crippen LogP contribution in [-0.4, -0.2) is 30.3 Å². The third-order valence-electron chi connectivity index (χ3n) is 2.28. The summed E-state index contributed by atoms with van der Waals surface area (Å²) in [6, 6.07) is -0.830. The highest BCUT2D eigenvalue weighted by atomic mass is 16.5. The van der Waals surface area contributed by atoms with Crippen LogP contribution in [0.3, 0.4) is 0 Å². The number of rotatable bonds is 10. The highest BCUT2D eigenvalue weighted by molar-refractivity contribution is 5.69. The Bertz CT molecular complexity index is 196. The fourth-order valence-corrected chi connectivity index (χ4v) is 1.25. The minimum Gasteiger partial charge on any atom is -0.463 e. The van der Waals surface area contributed by atoms with E-state index in [-0.39, 0.29) is 19.2 Å². The summed E-state index contributed by atoms with van der Waals surface area (Å²) in [6.45, 7) is 1.64. The van der Waals surface area contributed by atoms with Gasteiger partial charge in [0.2, 0.25) is 0 Å². The maximum Gasteiger partial charge on any atom is 0.305 e. The Morgan fingerprint density at radius 3 is 2.56 bits per heavy atom. The zero-order chi connectivity index (χ0) is 12.2. The third kappa shape index (κ3) is 8.35. The Balaban J connectivity index is 3.40. The van der Waals surface area contributed by atoms with E-state index < -0.39 is 6.04 Å². The summed E-state index contributed by atoms with van der Waals surface area (Å²) in [4.78, 5) is 21.2. The van der Waals surface area contributed by atoms with Gasteiger partial charge in [0.1, 0.15) is 12.6 Å². The van der Waals surface area contributed by atoms with Crippen molar-refractivity contribution >= 4 is 5.97 Å². The summed E-state index contributed by atoms with van der Waals surface area (Å²) in [5, 5.41) is 11.2. The lowest BCUT2D eigenvalue weighted by Gasteiger charge is -2.07. The molecule has 1 unspecified atom stereocenters. The number of esters is 1. The van der Waals surface area contributed by atoms with Gasteiger partial charge >= 0.3 is 5.97 Å². The van der Waals surface area contributed by atoms with E-state index in [9.17, 15) is 9.70 Å². The van der Waals surface area contributed by atoms with Crippen molar-refractivity contribution < 1.29 is 14.6 Å². The molecule has 0 saturated heterocycles. The average molecular weight is 231 g/mol. The first kappa shape index (κ1) is 15.0. The largest absolute Gasteiger partial charge is 0.463 e. The summed E-state index contributed by atoms with van der Waals surface area (Å²) in [7, 11) is 0. The van der Waals surface area contributed by atoms with Crippen LogP contribution in [0.15, 0.2) is 5.18 Å². The zero-order valence-electron chi connectivity index (χ0n) is 9.85. The van der Waals surface area contributed by atoms with Crippen molar-refractivity contribution in [3.8, 4) is 0 Å². The van der Waals surface area contributed by atoms with E-state index in [2.05, 4.69) is 12.1 Å². The zero-order valence-corrected chi connectivity index (χ0v) is 9.85. The van der Waals surface area contributed by atoms with Crippen LogP contribution in [0.2, 0.25) is 0 Å². The fourth-order valence-electron chi connectivity index (χ4n) is 1.25. The van der Waals surface area contributed by atoms with Gasteiger partial charge in [0.15, 0.2) is 0 Å². The van der Waals surface area contributed by atoms with Gasteiger partial charge in [-0.05, 0) is 6.42 Å². The monoisotopic (exact) mass is 231 g/mol. The predicted molar refractivity (Wildman–Crippen MR) is 61.0 cm³/mol. The Kier molecular flexibility index (Phi) is 9.91. The minimum absolute atomic E-state index is 0.117. The van der Waals surface area contributed by atoms with Crippen LogP contribution in [0.1, 0.15) is 45.4 Å². The minimum atomic E-state index is -0.830. The number of carbonyl (C=O) groups is 1. The van der Waals surface area contributed by atoms with E-state index in [0.29, 0.717) is 6.42 Å². The normalized spacial score (nSPS) is 12.1. The summed E-state index contributed by atoms with van der Waals surface area (Å²) >= 11 is 0. The molecular weight excluding hydrogens is 210 g/mol. The molecule has 0 amide bonds. The second kappa shape index (κ2) is 10.5. The Hall–Kier alpha value is -0.970. The second-order valence-electron chi connectivity index (χ2n) is 3.79. The lowest BCUT2D eigenvalue weighted by Crippen LogP contribution is -2.20. The van der Waals surface area contributed by atoms with E-state index in [0.717, 1.165) is 19.3 Å². The molecule has 0 heterocycles. The van der Waals surface area contributed by atoms with Crippen molar-refractivity contribution in [2.75, 3.05) is 13.2 Å². The van der Waals surface area contributed by atoms with Crippen LogP contribution >= 0.6 is 0 Å². The molecule has 1 atom stereocenters. The van der Waals surface area contributed by atoms with Gasteiger partial charge in [-0.2, -0.15) is 4.91 Å². The quantitative estimate of drug-likeness (QED) is 0.354. The maximum absolute atomic E-state index is 11.2. The molecule has 0 spiro atoms. The molecule has 0 aliphatic heterocycles. The van der Waals surface area contributed by atoms with Gasteiger partial charge < -0.3 is 9.84 Å². The highest BCUT2D eigenvalue weighted by Crippen LogP contribution is 2.06. The SMILES string of the molecule is CCCCCCCC(=O)OCC(CO)N=O. The van der Waals surface area contributed by atoms with Gasteiger partial charge in [0.25, 0.3) is 0 Å². The molecule has 94 valence electrons. The van der Waals surface area contributed by atoms with E-state index in [1.165, 1.54) is 12.8 Å². The average Bonchev–Trinajstić information content (AvgIpc) is 2.30. The maximum atomic E-state index is 11.2. The summed E-state index contributed by atoms with van der Waals surface area (Å²) in [6.07, 6.45) is 5.72. The molecule has 5 heteroatoms. The van der Waals surface area contributed by atoms with Gasteiger partial charge in [-0.15, -0.1) is 0 Å². The van der Waals surface area contributed by atoms with Crippen molar-refractivity contribution in [2.45, 2.75) is 51.5 Å². The van der Waals surface area contributed by atoms with Crippen molar-refractivity contribution in [1.29, 1.82) is 0 Å². The van der Waals surface area contributed by atoms with Crippen LogP contribution in [0, 0.1) is 4.91 Å². The van der Waals surface area contributed by atoms with Gasteiger partial charge in [-0.3, -0.25) is 4.79 Å². The van der Waals surface area contributed by atoms with Crippen molar-refractivity contribution in [2.24, 2.45) is 5.18 Å². The van der Waals surface area contributed by atoms with Gasteiger partial charge in [-0.25, -0.2) is 0 Å². The van der Waals surface area contributed by atoms with Gasteiger partial charge in [0.05, 0.1) is 6.61 Å². The smallest absolute Gasteiger partial charge is 0.305 e. The lowest BCUT2D eigenvalue weighted by atomic mass is 10.1. The number of nitrogens with zero attached hydrogens (tertiary/aromatic N) is 1. The lowest BCUT2D eigenvalue weighted by molar-refractivity contribution is -0.144. The molecule has 0 aromatic heterocycles. The van der Waals surface area contributed by atoms with E-state index in [1.54, 1.807) is 0 Å². The number of aliphatic hydroxyl groups excluding tert-OH is 1. The molecule has 0 aliphatic rings. The van der Waals surface area contributed by atoms with Gasteiger partial charge in [-0.1, -0.05) is 37.8 Å². The fraction of sp³-hybridized carbons (Fsp3) is 0.909. The first-order valence-electron chi connectivity index (χ1n) is 5.83. The molecule has 0 radical (unpaired) electrons. The van der Waals surface area contributed by atoms with E-state index in [1.807, 2.05) is 0 Å². The van der Waals surface area contributed by atoms with Crippen molar-refractivity contribution in [1.82, 2.24) is 0 Å². The molecule has 0 bridgehead atoms. The molecule has 1 N–H and O–H groups in total. The number of hydrogen-bond donors (Lipinski definition) is 1. The van der Waals surface area contributed by atoms with E-state index >= 15 is 0 Å². The van der Waals surface area contributed by atoms with Crippen LogP contribution in [0.4, 0.5) is 0 Å². The molecule has 5 nitrogen and oxygen atoms in total. The molecule has 0 aliphatic carbocycles. The Morgan fingerprint density at radius 1 is 1.31 bits per heavy atom. The molecule has 16 heavy (non-hydrogen) atoms. The van der Waals surface area contributed by atoms with Crippen LogP contribution in [0.5, 0.6) is 0 Å². The third-order valence-corrected chi connectivity index (χ3v) is 2.28. The molecule has 0 saturated carbocycles. The summed E-state index contributed by atoms with van der Waals surface area (Å²) in [5.41, 5.74) is 0. The van der Waals surface area contributed by atoms with Crippen LogP contribution in [-0.2, 0) is 9.53 Å². The van der Waals surface area contributed by atoms with Crippen molar-refractivity contribution in [3.05, 3.63) is 4.91 Å². The Labute approximate surface area is 96.2 Å². The number of aliphatic hydroxyl groups is 1. The van der Waals surface area contributed by atoms with Crippen molar-refractivity contribution in [3.63, 3.8) is 0 Å². The molecule has 0 fully saturated rings. The van der Waals surface area contributed by atoms with Crippen LogP contribution in [0.25, 0.3) is 0 Å². The first-order valence-corrected chi connectivity index (χ1v) is 5.83. The summed E-state index contributed by atoms with van der Waals surface area (Å²) < 4.78 is 4.80. The first-order chi connectivity index (χ1) is 7.74. The highest BCUT2D eigenvalue weighted by Gasteiger charge is 2.10. The number of ether oxygens (including phenoxy) is 1. The number of carbonyl (C=O) groups excluding carboxylic acids is 1. The topological polar surface area (TPSA) is 76.0 Å². The molecular formula is C11H21NO4. The standard InChI is InChI=1S/C11H21NO4/c1-2-3-4-5-6-7-11(14)16-9-10(8-13)12-15/h10,13H,2-9H2,1H3. The predicted octanol–water partition coefficient (Wildman–Crippen LogP) is 2.02. The van der Waals surface area contributed by atoms with Gasteiger partial charge in [0, 0.05) is 6.42 Å². The molecule has 0 rings (SSSR count).